The maximum absolute atomic E-state index is 11.5. The monoisotopic (exact) mass is 277 g/mol. The molecule has 0 aliphatic carbocycles. The number of hydrogen-bond acceptors (Lipinski definition) is 4. The maximum atomic E-state index is 11.5. The number of carbonyl (C=O) groups excluding carboxylic acids is 1. The van der Waals surface area contributed by atoms with Gasteiger partial charge in [0.1, 0.15) is 5.76 Å². The Morgan fingerprint density at radius 2 is 2.11 bits per heavy atom. The van der Waals surface area contributed by atoms with Crippen molar-refractivity contribution in [2.24, 2.45) is 5.10 Å². The number of anilines is 1. The summed E-state index contributed by atoms with van der Waals surface area (Å²) in [5.74, 6) is 0.323. The highest BCUT2D eigenvalue weighted by atomic mass is 35.5. The Kier molecular flexibility index (Phi) is 4.58. The van der Waals surface area contributed by atoms with E-state index < -0.39 is 0 Å². The first-order valence-electron chi connectivity index (χ1n) is 5.59. The quantitative estimate of drug-likeness (QED) is 0.652. The smallest absolute Gasteiger partial charge is 0.259 e. The lowest BCUT2D eigenvalue weighted by atomic mass is 10.3. The summed E-state index contributed by atoms with van der Waals surface area (Å²) >= 11 is 5.76. The number of furan rings is 1. The average molecular weight is 278 g/mol. The van der Waals surface area contributed by atoms with Gasteiger partial charge in [-0.2, -0.15) is 5.10 Å². The predicted octanol–water partition coefficient (Wildman–Crippen LogP) is 2.50. The highest BCUT2D eigenvalue weighted by Crippen LogP contribution is 2.12. The molecule has 1 heterocycles. The molecule has 1 aromatic heterocycles. The number of benzene rings is 1. The van der Waals surface area contributed by atoms with Gasteiger partial charge in [-0.3, -0.25) is 4.79 Å². The molecular formula is C13H12ClN3O2. The lowest BCUT2D eigenvalue weighted by molar-refractivity contribution is -0.119. The number of hydrogen-bond donors (Lipinski definition) is 2. The van der Waals surface area contributed by atoms with Crippen molar-refractivity contribution in [2.45, 2.75) is 0 Å². The standard InChI is InChI=1S/C13H12ClN3O2/c14-10-3-5-11(6-4-10)15-9-13(18)17-16-8-12-2-1-7-19-12/h1-8,15H,9H2,(H,17,18). The Morgan fingerprint density at radius 1 is 1.32 bits per heavy atom. The van der Waals surface area contributed by atoms with Crippen LogP contribution in [-0.4, -0.2) is 18.7 Å². The van der Waals surface area contributed by atoms with Crippen LogP contribution in [0.4, 0.5) is 5.69 Å². The summed E-state index contributed by atoms with van der Waals surface area (Å²) in [6.07, 6.45) is 2.96. The highest BCUT2D eigenvalue weighted by molar-refractivity contribution is 6.30. The number of hydrazone groups is 1. The van der Waals surface area contributed by atoms with Crippen molar-refractivity contribution in [3.63, 3.8) is 0 Å². The van der Waals surface area contributed by atoms with Crippen molar-refractivity contribution in [3.8, 4) is 0 Å². The van der Waals surface area contributed by atoms with Crippen molar-refractivity contribution in [3.05, 3.63) is 53.4 Å². The van der Waals surface area contributed by atoms with Crippen LogP contribution in [-0.2, 0) is 4.79 Å². The van der Waals surface area contributed by atoms with Gasteiger partial charge in [0, 0.05) is 10.7 Å². The molecule has 1 amide bonds. The molecule has 0 spiro atoms. The minimum absolute atomic E-state index is 0.122. The van der Waals surface area contributed by atoms with Crippen molar-refractivity contribution >= 4 is 29.4 Å². The summed E-state index contributed by atoms with van der Waals surface area (Å²) in [6, 6.07) is 10.6. The zero-order valence-corrected chi connectivity index (χ0v) is 10.7. The fourth-order valence-electron chi connectivity index (χ4n) is 1.32. The molecule has 0 bridgehead atoms. The Bertz CT molecular complexity index is 550. The van der Waals surface area contributed by atoms with E-state index in [-0.39, 0.29) is 12.5 Å². The van der Waals surface area contributed by atoms with Crippen LogP contribution in [0.5, 0.6) is 0 Å². The molecule has 6 heteroatoms. The molecule has 0 atom stereocenters. The summed E-state index contributed by atoms with van der Waals surface area (Å²) < 4.78 is 5.03. The first kappa shape index (κ1) is 13.2. The average Bonchev–Trinajstić information content (AvgIpc) is 2.91. The summed E-state index contributed by atoms with van der Waals surface area (Å²) in [5.41, 5.74) is 3.20. The molecule has 0 aliphatic heterocycles. The largest absolute Gasteiger partial charge is 0.463 e. The number of halogens is 1. The molecule has 5 nitrogen and oxygen atoms in total. The van der Waals surface area contributed by atoms with Crippen molar-refractivity contribution in [1.29, 1.82) is 0 Å². The normalized spacial score (nSPS) is 10.6. The van der Waals surface area contributed by atoms with Gasteiger partial charge in [0.05, 0.1) is 19.0 Å². The van der Waals surface area contributed by atoms with Crippen molar-refractivity contribution < 1.29 is 9.21 Å². The third-order valence-electron chi connectivity index (χ3n) is 2.22. The number of rotatable bonds is 5. The number of amides is 1. The third-order valence-corrected chi connectivity index (χ3v) is 2.47. The van der Waals surface area contributed by atoms with Gasteiger partial charge in [0.15, 0.2) is 0 Å². The first-order valence-corrected chi connectivity index (χ1v) is 5.97. The molecule has 1 aromatic carbocycles. The molecule has 19 heavy (non-hydrogen) atoms. The summed E-state index contributed by atoms with van der Waals surface area (Å²) in [6.45, 7) is 0.122. The van der Waals surface area contributed by atoms with Gasteiger partial charge in [-0.1, -0.05) is 11.6 Å². The fraction of sp³-hybridized carbons (Fsp3) is 0.0769. The van der Waals surface area contributed by atoms with E-state index in [0.717, 1.165) is 5.69 Å². The zero-order chi connectivity index (χ0) is 13.5. The van der Waals surface area contributed by atoms with Gasteiger partial charge < -0.3 is 9.73 Å². The Hall–Kier alpha value is -2.27. The van der Waals surface area contributed by atoms with Crippen LogP contribution in [0.3, 0.4) is 0 Å². The fourth-order valence-corrected chi connectivity index (χ4v) is 1.45. The van der Waals surface area contributed by atoms with E-state index in [1.165, 1.54) is 12.5 Å². The van der Waals surface area contributed by atoms with Gasteiger partial charge in [0.2, 0.25) is 0 Å². The molecule has 0 radical (unpaired) electrons. The maximum Gasteiger partial charge on any atom is 0.259 e. The van der Waals surface area contributed by atoms with E-state index in [1.54, 1.807) is 36.4 Å². The van der Waals surface area contributed by atoms with Crippen LogP contribution in [0.2, 0.25) is 5.02 Å². The van der Waals surface area contributed by atoms with Crippen LogP contribution < -0.4 is 10.7 Å². The highest BCUT2D eigenvalue weighted by Gasteiger charge is 1.99. The van der Waals surface area contributed by atoms with Gasteiger partial charge in [-0.05, 0) is 36.4 Å². The topological polar surface area (TPSA) is 66.6 Å². The second kappa shape index (κ2) is 6.61. The van der Waals surface area contributed by atoms with E-state index in [9.17, 15) is 4.79 Å². The van der Waals surface area contributed by atoms with Crippen LogP contribution in [0.15, 0.2) is 52.2 Å². The molecule has 2 aromatic rings. The minimum atomic E-state index is -0.252. The Balaban J connectivity index is 1.74. The number of nitrogens with one attached hydrogen (secondary N) is 2. The van der Waals surface area contributed by atoms with Gasteiger partial charge in [-0.25, -0.2) is 5.43 Å². The van der Waals surface area contributed by atoms with Crippen LogP contribution in [0, 0.1) is 0 Å². The Morgan fingerprint density at radius 3 is 2.79 bits per heavy atom. The molecule has 0 saturated heterocycles. The second-order valence-corrected chi connectivity index (χ2v) is 4.11. The third kappa shape index (κ3) is 4.48. The van der Waals surface area contributed by atoms with Gasteiger partial charge in [0.25, 0.3) is 5.91 Å². The van der Waals surface area contributed by atoms with Gasteiger partial charge in [-0.15, -0.1) is 0 Å². The van der Waals surface area contributed by atoms with Crippen molar-refractivity contribution in [2.75, 3.05) is 11.9 Å². The summed E-state index contributed by atoms with van der Waals surface area (Å²) in [7, 11) is 0. The van der Waals surface area contributed by atoms with Crippen LogP contribution in [0.25, 0.3) is 0 Å². The molecular weight excluding hydrogens is 266 g/mol. The molecule has 98 valence electrons. The molecule has 2 rings (SSSR count). The first-order chi connectivity index (χ1) is 9.24. The molecule has 0 saturated carbocycles. The van der Waals surface area contributed by atoms with E-state index in [1.807, 2.05) is 0 Å². The van der Waals surface area contributed by atoms with Crippen LogP contribution in [0.1, 0.15) is 5.76 Å². The van der Waals surface area contributed by atoms with Crippen LogP contribution >= 0.6 is 11.6 Å². The molecule has 0 aliphatic rings. The molecule has 2 N–H and O–H groups in total. The predicted molar refractivity (Wildman–Crippen MR) is 74.4 cm³/mol. The van der Waals surface area contributed by atoms with E-state index in [2.05, 4.69) is 15.8 Å². The Labute approximate surface area is 115 Å². The summed E-state index contributed by atoms with van der Waals surface area (Å²) in [5, 5.41) is 7.36. The lowest BCUT2D eigenvalue weighted by Crippen LogP contribution is -2.25. The lowest BCUT2D eigenvalue weighted by Gasteiger charge is -2.04. The van der Waals surface area contributed by atoms with Gasteiger partial charge >= 0.3 is 0 Å². The number of nitrogens with zero attached hydrogens (tertiary/aromatic N) is 1. The minimum Gasteiger partial charge on any atom is -0.463 e. The molecule has 0 unspecified atom stereocenters. The zero-order valence-electron chi connectivity index (χ0n) is 9.97. The number of carbonyl (C=O) groups is 1. The van der Waals surface area contributed by atoms with E-state index in [0.29, 0.717) is 10.8 Å². The summed E-state index contributed by atoms with van der Waals surface area (Å²) in [4.78, 5) is 11.5. The molecule has 0 fully saturated rings. The SMILES string of the molecule is O=C(CNc1ccc(Cl)cc1)NN=Cc1ccco1. The second-order valence-electron chi connectivity index (χ2n) is 3.67. The van der Waals surface area contributed by atoms with E-state index in [4.69, 9.17) is 16.0 Å². The van der Waals surface area contributed by atoms with E-state index >= 15 is 0 Å². The van der Waals surface area contributed by atoms with Crippen molar-refractivity contribution in [1.82, 2.24) is 5.43 Å².